The molecule has 0 saturated heterocycles. The number of amides is 1. The van der Waals surface area contributed by atoms with E-state index in [-0.39, 0.29) is 24.3 Å². The second-order valence-corrected chi connectivity index (χ2v) is 5.15. The van der Waals surface area contributed by atoms with Crippen LogP contribution in [0.25, 0.3) is 11.7 Å². The highest BCUT2D eigenvalue weighted by atomic mass is 16.5. The summed E-state index contributed by atoms with van der Waals surface area (Å²) in [5.74, 6) is -0.221. The Morgan fingerprint density at radius 2 is 1.96 bits per heavy atom. The zero-order valence-electron chi connectivity index (χ0n) is 13.3. The molecule has 25 heavy (non-hydrogen) atoms. The maximum absolute atomic E-state index is 12.0. The highest BCUT2D eigenvalue weighted by Crippen LogP contribution is 2.18. The molecule has 3 aromatic rings. The minimum Gasteiger partial charge on any atom is -0.459 e. The fourth-order valence-corrected chi connectivity index (χ4v) is 2.00. The number of ether oxygens (including phenoxy) is 1. The molecule has 0 aliphatic heterocycles. The average molecular weight is 341 g/mol. The molecular formula is C17H15N3O5. The molecular weight excluding hydrogens is 326 g/mol. The van der Waals surface area contributed by atoms with Crippen molar-refractivity contribution in [2.75, 3.05) is 0 Å². The van der Waals surface area contributed by atoms with Gasteiger partial charge in [0, 0.05) is 5.56 Å². The van der Waals surface area contributed by atoms with E-state index < -0.39 is 12.0 Å². The molecule has 0 aliphatic rings. The van der Waals surface area contributed by atoms with Crippen molar-refractivity contribution in [1.29, 1.82) is 0 Å². The molecule has 2 aromatic heterocycles. The smallest absolute Gasteiger partial charge is 0.328 e. The first-order valence-electron chi connectivity index (χ1n) is 7.52. The molecule has 0 radical (unpaired) electrons. The molecule has 0 saturated carbocycles. The molecule has 0 spiro atoms. The first-order chi connectivity index (χ1) is 12.1. The highest BCUT2D eigenvalue weighted by Gasteiger charge is 2.19. The lowest BCUT2D eigenvalue weighted by Crippen LogP contribution is -2.39. The second-order valence-electron chi connectivity index (χ2n) is 5.15. The predicted octanol–water partition coefficient (Wildman–Crippen LogP) is 2.19. The minimum absolute atomic E-state index is 0.126. The number of carbonyl (C=O) groups excluding carboxylic acids is 2. The summed E-state index contributed by atoms with van der Waals surface area (Å²) < 4.78 is 15.5. The van der Waals surface area contributed by atoms with E-state index in [1.165, 1.54) is 13.2 Å². The van der Waals surface area contributed by atoms with Gasteiger partial charge >= 0.3 is 5.97 Å². The van der Waals surface area contributed by atoms with E-state index in [1.807, 2.05) is 0 Å². The number of hydrogen-bond acceptors (Lipinski definition) is 7. The number of benzene rings is 1. The summed E-state index contributed by atoms with van der Waals surface area (Å²) in [6.07, 6.45) is 1.48. The fourth-order valence-electron chi connectivity index (χ4n) is 2.00. The van der Waals surface area contributed by atoms with Crippen molar-refractivity contribution in [1.82, 2.24) is 15.5 Å². The van der Waals surface area contributed by atoms with Crippen molar-refractivity contribution < 1.29 is 23.2 Å². The Bertz CT molecular complexity index is 842. The Hall–Kier alpha value is -3.42. The largest absolute Gasteiger partial charge is 0.459 e. The number of aromatic nitrogens is 2. The Morgan fingerprint density at radius 3 is 2.68 bits per heavy atom. The normalized spacial score (nSPS) is 11.7. The van der Waals surface area contributed by atoms with Gasteiger partial charge in [-0.1, -0.05) is 18.2 Å². The Balaban J connectivity index is 1.51. The number of hydrogen-bond donors (Lipinski definition) is 1. The van der Waals surface area contributed by atoms with Crippen molar-refractivity contribution in [3.05, 3.63) is 60.2 Å². The average Bonchev–Trinajstić information content (AvgIpc) is 3.31. The van der Waals surface area contributed by atoms with Crippen molar-refractivity contribution in [3.8, 4) is 11.7 Å². The van der Waals surface area contributed by atoms with E-state index in [9.17, 15) is 9.59 Å². The van der Waals surface area contributed by atoms with Crippen LogP contribution >= 0.6 is 0 Å². The Kier molecular flexibility index (Phi) is 4.89. The van der Waals surface area contributed by atoms with Crippen LogP contribution in [0.1, 0.15) is 23.2 Å². The van der Waals surface area contributed by atoms with Gasteiger partial charge in [-0.2, -0.15) is 0 Å². The maximum Gasteiger partial charge on any atom is 0.328 e. The van der Waals surface area contributed by atoms with Gasteiger partial charge in [-0.05, 0) is 31.2 Å². The van der Waals surface area contributed by atoms with Gasteiger partial charge in [-0.15, -0.1) is 10.2 Å². The van der Waals surface area contributed by atoms with E-state index in [0.29, 0.717) is 11.3 Å². The molecule has 128 valence electrons. The van der Waals surface area contributed by atoms with E-state index in [4.69, 9.17) is 13.6 Å². The van der Waals surface area contributed by atoms with Crippen LogP contribution in [-0.4, -0.2) is 28.1 Å². The molecule has 8 heteroatoms. The van der Waals surface area contributed by atoms with Crippen LogP contribution in [-0.2, 0) is 16.1 Å². The molecule has 1 amide bonds. The van der Waals surface area contributed by atoms with E-state index in [2.05, 4.69) is 15.5 Å². The molecule has 2 heterocycles. The number of nitrogens with one attached hydrogen (secondary N) is 1. The third-order valence-electron chi connectivity index (χ3n) is 3.27. The Labute approximate surface area is 142 Å². The number of rotatable bonds is 6. The van der Waals surface area contributed by atoms with Gasteiger partial charge in [-0.25, -0.2) is 4.79 Å². The summed E-state index contributed by atoms with van der Waals surface area (Å²) in [7, 11) is 0. The van der Waals surface area contributed by atoms with Crippen LogP contribution in [0.2, 0.25) is 0 Å². The summed E-state index contributed by atoms with van der Waals surface area (Å²) in [6, 6.07) is 11.1. The number of carbonyl (C=O) groups is 2. The first kappa shape index (κ1) is 16.4. The summed E-state index contributed by atoms with van der Waals surface area (Å²) in [5.41, 5.74) is 0.460. The summed E-state index contributed by atoms with van der Waals surface area (Å²) >= 11 is 0. The first-order valence-corrected chi connectivity index (χ1v) is 7.52. The predicted molar refractivity (Wildman–Crippen MR) is 85.2 cm³/mol. The monoisotopic (exact) mass is 341 g/mol. The van der Waals surface area contributed by atoms with Crippen molar-refractivity contribution in [2.24, 2.45) is 0 Å². The number of nitrogens with zero attached hydrogens (tertiary/aromatic N) is 2. The third kappa shape index (κ3) is 4.11. The van der Waals surface area contributed by atoms with Gasteiger partial charge in [0.1, 0.15) is 6.04 Å². The SMILES string of the molecule is C[C@H](NC(=O)c1ccccc1)C(=O)OCc1nnc(-c2ccco2)o1. The van der Waals surface area contributed by atoms with Crippen LogP contribution in [0.3, 0.4) is 0 Å². The van der Waals surface area contributed by atoms with Gasteiger partial charge < -0.3 is 18.9 Å². The van der Waals surface area contributed by atoms with Gasteiger partial charge in [0.15, 0.2) is 12.4 Å². The third-order valence-corrected chi connectivity index (χ3v) is 3.27. The van der Waals surface area contributed by atoms with Crippen LogP contribution in [0, 0.1) is 0 Å². The molecule has 3 rings (SSSR count). The second kappa shape index (κ2) is 7.43. The topological polar surface area (TPSA) is 107 Å². The highest BCUT2D eigenvalue weighted by molar-refractivity contribution is 5.96. The molecule has 1 aromatic carbocycles. The van der Waals surface area contributed by atoms with Gasteiger partial charge in [-0.3, -0.25) is 4.79 Å². The number of furan rings is 1. The van der Waals surface area contributed by atoms with Crippen LogP contribution in [0.5, 0.6) is 0 Å². The lowest BCUT2D eigenvalue weighted by molar-refractivity contribution is -0.147. The van der Waals surface area contributed by atoms with E-state index in [0.717, 1.165) is 0 Å². The lowest BCUT2D eigenvalue weighted by Gasteiger charge is -2.12. The van der Waals surface area contributed by atoms with E-state index >= 15 is 0 Å². The van der Waals surface area contributed by atoms with Crippen LogP contribution in [0.4, 0.5) is 0 Å². The molecule has 0 fully saturated rings. The van der Waals surface area contributed by atoms with Gasteiger partial charge in [0.05, 0.1) is 6.26 Å². The standard InChI is InChI=1S/C17H15N3O5/c1-11(18-15(21)12-6-3-2-4-7-12)17(22)24-10-14-19-20-16(25-14)13-8-5-9-23-13/h2-9,11H,10H2,1H3,(H,18,21)/t11-/m0/s1. The molecule has 8 nitrogen and oxygen atoms in total. The van der Waals surface area contributed by atoms with Crippen molar-refractivity contribution >= 4 is 11.9 Å². The zero-order valence-corrected chi connectivity index (χ0v) is 13.3. The molecule has 0 aliphatic carbocycles. The summed E-state index contributed by atoms with van der Waals surface area (Å²) in [4.78, 5) is 24.0. The van der Waals surface area contributed by atoms with Crippen LogP contribution < -0.4 is 5.32 Å². The van der Waals surface area contributed by atoms with Gasteiger partial charge in [0.25, 0.3) is 17.7 Å². The molecule has 0 unspecified atom stereocenters. The van der Waals surface area contributed by atoms with Gasteiger partial charge in [0.2, 0.25) is 0 Å². The molecule has 1 atom stereocenters. The summed E-state index contributed by atoms with van der Waals surface area (Å²) in [5, 5.41) is 10.1. The van der Waals surface area contributed by atoms with Crippen LogP contribution in [0.15, 0.2) is 57.6 Å². The summed E-state index contributed by atoms with van der Waals surface area (Å²) in [6.45, 7) is 1.34. The van der Waals surface area contributed by atoms with Crippen molar-refractivity contribution in [2.45, 2.75) is 19.6 Å². The lowest BCUT2D eigenvalue weighted by atomic mass is 10.2. The molecule has 0 bridgehead atoms. The Morgan fingerprint density at radius 1 is 1.16 bits per heavy atom. The van der Waals surface area contributed by atoms with Crippen molar-refractivity contribution in [3.63, 3.8) is 0 Å². The minimum atomic E-state index is -0.819. The molecule has 1 N–H and O–H groups in total. The number of esters is 1. The maximum atomic E-state index is 12.0. The van der Waals surface area contributed by atoms with E-state index in [1.54, 1.807) is 42.5 Å². The fraction of sp³-hybridized carbons (Fsp3) is 0.176. The zero-order chi connectivity index (χ0) is 17.6. The quantitative estimate of drug-likeness (QED) is 0.685.